The second-order valence-electron chi connectivity index (χ2n) is 5.96. The Morgan fingerprint density at radius 2 is 2.08 bits per heavy atom. The largest absolute Gasteiger partial charge is 0.387 e. The van der Waals surface area contributed by atoms with Crippen LogP contribution in [0.2, 0.25) is 0 Å². The number of aromatic nitrogens is 4. The third kappa shape index (κ3) is 4.50. The van der Waals surface area contributed by atoms with Gasteiger partial charge in [0.2, 0.25) is 5.91 Å². The van der Waals surface area contributed by atoms with Crippen molar-refractivity contribution in [3.63, 3.8) is 0 Å². The van der Waals surface area contributed by atoms with Gasteiger partial charge in [0.1, 0.15) is 6.61 Å². The number of aliphatic hydroxyl groups is 1. The number of nitrogens with zero attached hydrogens (tertiary/aromatic N) is 4. The predicted octanol–water partition coefficient (Wildman–Crippen LogP) is 0.888. The van der Waals surface area contributed by atoms with Crippen molar-refractivity contribution in [2.75, 3.05) is 6.54 Å². The second-order valence-corrected chi connectivity index (χ2v) is 5.96. The highest BCUT2D eigenvalue weighted by molar-refractivity contribution is 5.96. The standard InChI is InChI=1S/C16H23N5O4/c1-9(21-11(3)16(12(4)23)10(2)19-21)7-14(24)17-6-5-13-18-15(8-22)25-20-13/h9,22H,5-8H2,1-4H3,(H,17,24)/t9-/m1/s1. The van der Waals surface area contributed by atoms with Crippen molar-refractivity contribution in [3.05, 3.63) is 28.7 Å². The number of ketones is 1. The highest BCUT2D eigenvalue weighted by Gasteiger charge is 2.20. The number of carbonyl (C=O) groups is 2. The Labute approximate surface area is 145 Å². The first-order chi connectivity index (χ1) is 11.8. The molecule has 1 atom stereocenters. The summed E-state index contributed by atoms with van der Waals surface area (Å²) in [4.78, 5) is 27.7. The smallest absolute Gasteiger partial charge is 0.252 e. The SMILES string of the molecule is CC(=O)c1c(C)nn([C@H](C)CC(=O)NCCc2noc(CO)n2)c1C. The van der Waals surface area contributed by atoms with E-state index in [-0.39, 0.29) is 36.7 Å². The van der Waals surface area contributed by atoms with Crippen molar-refractivity contribution in [2.24, 2.45) is 0 Å². The average Bonchev–Trinajstić information content (AvgIpc) is 3.11. The van der Waals surface area contributed by atoms with Crippen LogP contribution >= 0.6 is 0 Å². The summed E-state index contributed by atoms with van der Waals surface area (Å²) in [5.74, 6) is 0.429. The van der Waals surface area contributed by atoms with Crippen LogP contribution in [0.15, 0.2) is 4.52 Å². The van der Waals surface area contributed by atoms with Gasteiger partial charge in [0.05, 0.1) is 17.3 Å². The maximum atomic E-state index is 12.1. The van der Waals surface area contributed by atoms with E-state index in [2.05, 4.69) is 20.6 Å². The topological polar surface area (TPSA) is 123 Å². The zero-order valence-electron chi connectivity index (χ0n) is 14.9. The van der Waals surface area contributed by atoms with Gasteiger partial charge in [-0.1, -0.05) is 5.16 Å². The van der Waals surface area contributed by atoms with Gasteiger partial charge in [0.25, 0.3) is 5.89 Å². The zero-order chi connectivity index (χ0) is 18.6. The Bertz CT molecular complexity index is 765. The molecule has 2 N–H and O–H groups in total. The van der Waals surface area contributed by atoms with Crippen molar-refractivity contribution >= 4 is 11.7 Å². The number of hydrogen-bond acceptors (Lipinski definition) is 7. The van der Waals surface area contributed by atoms with E-state index in [1.54, 1.807) is 11.6 Å². The summed E-state index contributed by atoms with van der Waals surface area (Å²) >= 11 is 0. The predicted molar refractivity (Wildman–Crippen MR) is 88.0 cm³/mol. The summed E-state index contributed by atoms with van der Waals surface area (Å²) in [5, 5.41) is 19.7. The molecule has 0 saturated heterocycles. The molecule has 0 aliphatic heterocycles. The number of carbonyl (C=O) groups excluding carboxylic acids is 2. The van der Waals surface area contributed by atoms with Crippen LogP contribution < -0.4 is 5.32 Å². The highest BCUT2D eigenvalue weighted by Crippen LogP contribution is 2.19. The van der Waals surface area contributed by atoms with E-state index in [1.165, 1.54) is 6.92 Å². The van der Waals surface area contributed by atoms with Crippen LogP contribution in [0.3, 0.4) is 0 Å². The molecule has 0 unspecified atom stereocenters. The lowest BCUT2D eigenvalue weighted by Gasteiger charge is -2.14. The maximum absolute atomic E-state index is 12.1. The fraction of sp³-hybridized carbons (Fsp3) is 0.562. The molecule has 2 aromatic rings. The Morgan fingerprint density at radius 1 is 1.36 bits per heavy atom. The van der Waals surface area contributed by atoms with Gasteiger partial charge in [0.15, 0.2) is 11.6 Å². The zero-order valence-corrected chi connectivity index (χ0v) is 14.9. The van der Waals surface area contributed by atoms with Gasteiger partial charge in [-0.05, 0) is 27.7 Å². The molecule has 2 aromatic heterocycles. The fourth-order valence-corrected chi connectivity index (χ4v) is 2.80. The minimum absolute atomic E-state index is 0.0275. The summed E-state index contributed by atoms with van der Waals surface area (Å²) in [6, 6.07) is -0.169. The molecule has 0 aromatic carbocycles. The number of nitrogens with one attached hydrogen (secondary N) is 1. The van der Waals surface area contributed by atoms with Crippen molar-refractivity contribution < 1.29 is 19.2 Å². The molecule has 0 aliphatic rings. The van der Waals surface area contributed by atoms with Gasteiger partial charge in [-0.25, -0.2) is 0 Å². The van der Waals surface area contributed by atoms with Gasteiger partial charge in [-0.15, -0.1) is 0 Å². The summed E-state index contributed by atoms with van der Waals surface area (Å²) in [6.45, 7) is 7.08. The third-order valence-electron chi connectivity index (χ3n) is 3.89. The molecule has 9 heteroatoms. The van der Waals surface area contributed by atoms with E-state index in [0.29, 0.717) is 30.0 Å². The van der Waals surface area contributed by atoms with Crippen LogP contribution in [0.4, 0.5) is 0 Å². The van der Waals surface area contributed by atoms with Crippen molar-refractivity contribution in [1.29, 1.82) is 0 Å². The molecule has 0 aliphatic carbocycles. The molecule has 0 saturated carbocycles. The van der Waals surface area contributed by atoms with Crippen molar-refractivity contribution in [3.8, 4) is 0 Å². The molecule has 1 amide bonds. The number of aliphatic hydroxyl groups excluding tert-OH is 1. The number of rotatable bonds is 8. The summed E-state index contributed by atoms with van der Waals surface area (Å²) in [6.07, 6.45) is 0.658. The molecule has 0 radical (unpaired) electrons. The summed E-state index contributed by atoms with van der Waals surface area (Å²) in [7, 11) is 0. The van der Waals surface area contributed by atoms with E-state index in [0.717, 1.165) is 5.69 Å². The van der Waals surface area contributed by atoms with E-state index >= 15 is 0 Å². The molecule has 2 heterocycles. The first-order valence-corrected chi connectivity index (χ1v) is 8.09. The number of Topliss-reactive ketones (excluding diaryl/α,β-unsaturated/α-hetero) is 1. The van der Waals surface area contributed by atoms with E-state index in [4.69, 9.17) is 9.63 Å². The molecule has 25 heavy (non-hydrogen) atoms. The fourth-order valence-electron chi connectivity index (χ4n) is 2.80. The van der Waals surface area contributed by atoms with Crippen molar-refractivity contribution in [1.82, 2.24) is 25.2 Å². The van der Waals surface area contributed by atoms with Crippen LogP contribution in [0.25, 0.3) is 0 Å². The summed E-state index contributed by atoms with van der Waals surface area (Å²) < 4.78 is 6.50. The maximum Gasteiger partial charge on any atom is 0.252 e. The number of amides is 1. The highest BCUT2D eigenvalue weighted by atomic mass is 16.5. The molecule has 0 spiro atoms. The van der Waals surface area contributed by atoms with Crippen LogP contribution in [0, 0.1) is 13.8 Å². The number of hydrogen-bond donors (Lipinski definition) is 2. The van der Waals surface area contributed by atoms with Gasteiger partial charge >= 0.3 is 0 Å². The molecule has 0 bridgehead atoms. The first-order valence-electron chi connectivity index (χ1n) is 8.09. The van der Waals surface area contributed by atoms with Gasteiger partial charge in [-0.3, -0.25) is 14.3 Å². The van der Waals surface area contributed by atoms with Crippen LogP contribution in [0.1, 0.15) is 59.8 Å². The van der Waals surface area contributed by atoms with Gasteiger partial charge in [-0.2, -0.15) is 10.1 Å². The summed E-state index contributed by atoms with van der Waals surface area (Å²) in [5.41, 5.74) is 2.06. The van der Waals surface area contributed by atoms with E-state index < -0.39 is 0 Å². The minimum atomic E-state index is -0.304. The molecule has 136 valence electrons. The number of aryl methyl sites for hydroxylation is 1. The molecular weight excluding hydrogens is 326 g/mol. The lowest BCUT2D eigenvalue weighted by Crippen LogP contribution is -2.28. The van der Waals surface area contributed by atoms with Crippen LogP contribution in [-0.2, 0) is 17.8 Å². The van der Waals surface area contributed by atoms with Crippen LogP contribution in [0.5, 0.6) is 0 Å². The Kier molecular flexibility index (Phi) is 6.02. The van der Waals surface area contributed by atoms with Crippen molar-refractivity contribution in [2.45, 2.75) is 53.2 Å². The lowest BCUT2D eigenvalue weighted by molar-refractivity contribution is -0.121. The quantitative estimate of drug-likeness (QED) is 0.678. The molecule has 2 rings (SSSR count). The molecular formula is C16H23N5O4. The Morgan fingerprint density at radius 3 is 2.64 bits per heavy atom. The lowest BCUT2D eigenvalue weighted by atomic mass is 10.1. The second kappa shape index (κ2) is 8.02. The van der Waals surface area contributed by atoms with Gasteiger partial charge in [0, 0.05) is 25.1 Å². The molecule has 0 fully saturated rings. The van der Waals surface area contributed by atoms with Gasteiger partial charge < -0.3 is 14.9 Å². The first kappa shape index (κ1) is 18.8. The Hall–Kier alpha value is -2.55. The normalized spacial score (nSPS) is 12.2. The Balaban J connectivity index is 1.87. The average molecular weight is 349 g/mol. The monoisotopic (exact) mass is 349 g/mol. The van der Waals surface area contributed by atoms with Crippen LogP contribution in [-0.4, -0.2) is 43.3 Å². The third-order valence-corrected chi connectivity index (χ3v) is 3.89. The van der Waals surface area contributed by atoms with E-state index in [1.807, 2.05) is 13.8 Å². The molecule has 9 nitrogen and oxygen atoms in total. The minimum Gasteiger partial charge on any atom is -0.387 e. The van der Waals surface area contributed by atoms with E-state index in [9.17, 15) is 9.59 Å².